The molecule has 1 N–H and O–H groups in total. The van der Waals surface area contributed by atoms with E-state index in [1.807, 2.05) is 29.4 Å². The van der Waals surface area contributed by atoms with Crippen LogP contribution < -0.4 is 10.2 Å². The highest BCUT2D eigenvalue weighted by molar-refractivity contribution is 5.75. The first-order chi connectivity index (χ1) is 11.3. The minimum Gasteiger partial charge on any atom is -0.368 e. The molecular formula is C18H28N4O. The second-order valence-electron chi connectivity index (χ2n) is 6.67. The standard InChI is InChI=1S/C18H28N4O/c23-18(20-16-6-4-2-1-3-5-7-16)22-14-12-21(13-15-22)17-8-10-19-11-9-17/h8-11,16H,1-7,12-15H2,(H,20,23). The number of hydrogen-bond acceptors (Lipinski definition) is 3. The first-order valence-electron chi connectivity index (χ1n) is 9.03. The average Bonchev–Trinajstić information content (AvgIpc) is 2.58. The highest BCUT2D eigenvalue weighted by Gasteiger charge is 2.23. The van der Waals surface area contributed by atoms with Gasteiger partial charge in [-0.1, -0.05) is 32.1 Å². The van der Waals surface area contributed by atoms with Crippen molar-refractivity contribution in [1.29, 1.82) is 0 Å². The van der Waals surface area contributed by atoms with Crippen LogP contribution in [0.1, 0.15) is 44.9 Å². The SMILES string of the molecule is O=C(NC1CCCCCCC1)N1CCN(c2ccncc2)CC1. The van der Waals surface area contributed by atoms with E-state index in [2.05, 4.69) is 15.2 Å². The maximum Gasteiger partial charge on any atom is 0.317 e. The van der Waals surface area contributed by atoms with Gasteiger partial charge in [-0.2, -0.15) is 0 Å². The van der Waals surface area contributed by atoms with Gasteiger partial charge >= 0.3 is 6.03 Å². The van der Waals surface area contributed by atoms with E-state index < -0.39 is 0 Å². The third-order valence-corrected chi connectivity index (χ3v) is 5.03. The van der Waals surface area contributed by atoms with Crippen LogP contribution >= 0.6 is 0 Å². The topological polar surface area (TPSA) is 48.5 Å². The molecule has 1 saturated heterocycles. The van der Waals surface area contributed by atoms with Crippen molar-refractivity contribution in [3.8, 4) is 0 Å². The summed E-state index contributed by atoms with van der Waals surface area (Å²) in [6.45, 7) is 3.37. The molecule has 1 aliphatic heterocycles. The average molecular weight is 316 g/mol. The molecule has 0 unspecified atom stereocenters. The Morgan fingerprint density at radius 2 is 1.57 bits per heavy atom. The Hall–Kier alpha value is -1.78. The fraction of sp³-hybridized carbons (Fsp3) is 0.667. The number of amides is 2. The summed E-state index contributed by atoms with van der Waals surface area (Å²) in [5.41, 5.74) is 1.19. The summed E-state index contributed by atoms with van der Waals surface area (Å²) >= 11 is 0. The molecule has 2 aliphatic rings. The number of nitrogens with zero attached hydrogens (tertiary/aromatic N) is 3. The van der Waals surface area contributed by atoms with Crippen LogP contribution in [0.25, 0.3) is 0 Å². The van der Waals surface area contributed by atoms with E-state index >= 15 is 0 Å². The largest absolute Gasteiger partial charge is 0.368 e. The lowest BCUT2D eigenvalue weighted by Crippen LogP contribution is -2.53. The second kappa shape index (κ2) is 8.18. The van der Waals surface area contributed by atoms with E-state index in [1.165, 1.54) is 37.8 Å². The predicted octanol–water partition coefficient (Wildman–Crippen LogP) is 3.03. The van der Waals surface area contributed by atoms with Gasteiger partial charge in [0.05, 0.1) is 0 Å². The number of rotatable bonds is 2. The van der Waals surface area contributed by atoms with Gasteiger partial charge < -0.3 is 15.1 Å². The number of urea groups is 1. The summed E-state index contributed by atoms with van der Waals surface area (Å²) in [7, 11) is 0. The third kappa shape index (κ3) is 4.60. The summed E-state index contributed by atoms with van der Waals surface area (Å²) < 4.78 is 0. The molecule has 1 aromatic heterocycles. The molecule has 5 heteroatoms. The molecule has 0 aromatic carbocycles. The molecule has 0 spiro atoms. The lowest BCUT2D eigenvalue weighted by molar-refractivity contribution is 0.187. The van der Waals surface area contributed by atoms with Gasteiger partial charge in [-0.25, -0.2) is 4.79 Å². The van der Waals surface area contributed by atoms with Crippen molar-refractivity contribution in [3.63, 3.8) is 0 Å². The van der Waals surface area contributed by atoms with Crippen LogP contribution in [0.4, 0.5) is 10.5 Å². The highest BCUT2D eigenvalue weighted by atomic mass is 16.2. The van der Waals surface area contributed by atoms with E-state index in [-0.39, 0.29) is 6.03 Å². The van der Waals surface area contributed by atoms with Crippen LogP contribution in [-0.2, 0) is 0 Å². The monoisotopic (exact) mass is 316 g/mol. The van der Waals surface area contributed by atoms with E-state index in [9.17, 15) is 4.79 Å². The van der Waals surface area contributed by atoms with Gasteiger partial charge in [0.25, 0.3) is 0 Å². The summed E-state index contributed by atoms with van der Waals surface area (Å²) in [5.74, 6) is 0. The van der Waals surface area contributed by atoms with Gasteiger partial charge in [0, 0.05) is 50.3 Å². The number of hydrogen-bond donors (Lipinski definition) is 1. The smallest absolute Gasteiger partial charge is 0.317 e. The van der Waals surface area contributed by atoms with Crippen molar-refractivity contribution in [2.45, 2.75) is 51.0 Å². The Bertz CT molecular complexity index is 477. The molecule has 1 saturated carbocycles. The Kier molecular flexibility index (Phi) is 5.72. The van der Waals surface area contributed by atoms with Crippen LogP contribution in [-0.4, -0.2) is 48.1 Å². The summed E-state index contributed by atoms with van der Waals surface area (Å²) in [6, 6.07) is 4.57. The zero-order valence-corrected chi connectivity index (χ0v) is 13.9. The van der Waals surface area contributed by atoms with Crippen LogP contribution in [0.15, 0.2) is 24.5 Å². The number of aromatic nitrogens is 1. The lowest BCUT2D eigenvalue weighted by Gasteiger charge is -2.36. The van der Waals surface area contributed by atoms with Gasteiger partial charge in [-0.05, 0) is 25.0 Å². The predicted molar refractivity (Wildman–Crippen MR) is 92.7 cm³/mol. The normalized spacial score (nSPS) is 20.7. The Morgan fingerprint density at radius 1 is 0.957 bits per heavy atom. The molecule has 1 aromatic rings. The third-order valence-electron chi connectivity index (χ3n) is 5.03. The van der Waals surface area contributed by atoms with Crippen molar-refractivity contribution >= 4 is 11.7 Å². The molecule has 2 amide bonds. The van der Waals surface area contributed by atoms with E-state index in [0.29, 0.717) is 6.04 Å². The van der Waals surface area contributed by atoms with Gasteiger partial charge in [-0.3, -0.25) is 4.98 Å². The van der Waals surface area contributed by atoms with Crippen molar-refractivity contribution in [2.75, 3.05) is 31.1 Å². The van der Waals surface area contributed by atoms with E-state index in [1.54, 1.807) is 0 Å². The first-order valence-corrected chi connectivity index (χ1v) is 9.03. The van der Waals surface area contributed by atoms with E-state index in [0.717, 1.165) is 39.0 Å². The van der Waals surface area contributed by atoms with Crippen LogP contribution in [0.2, 0.25) is 0 Å². The van der Waals surface area contributed by atoms with Gasteiger partial charge in [-0.15, -0.1) is 0 Å². The second-order valence-corrected chi connectivity index (χ2v) is 6.67. The number of nitrogens with one attached hydrogen (secondary N) is 1. The van der Waals surface area contributed by atoms with Crippen molar-refractivity contribution < 1.29 is 4.79 Å². The molecular weight excluding hydrogens is 288 g/mol. The molecule has 0 radical (unpaired) electrons. The fourth-order valence-electron chi connectivity index (χ4n) is 3.59. The zero-order chi connectivity index (χ0) is 15.9. The fourth-order valence-corrected chi connectivity index (χ4v) is 3.59. The summed E-state index contributed by atoms with van der Waals surface area (Å²) in [4.78, 5) is 20.8. The van der Waals surface area contributed by atoms with Crippen LogP contribution in [0.5, 0.6) is 0 Å². The molecule has 2 heterocycles. The Morgan fingerprint density at radius 3 is 2.22 bits per heavy atom. The zero-order valence-electron chi connectivity index (χ0n) is 13.9. The molecule has 2 fully saturated rings. The summed E-state index contributed by atoms with van der Waals surface area (Å²) in [5, 5.41) is 3.27. The number of pyridine rings is 1. The molecule has 3 rings (SSSR count). The molecule has 126 valence electrons. The summed E-state index contributed by atoms with van der Waals surface area (Å²) in [6.07, 6.45) is 12.4. The van der Waals surface area contributed by atoms with Gasteiger partial charge in [0.1, 0.15) is 0 Å². The van der Waals surface area contributed by atoms with Crippen LogP contribution in [0.3, 0.4) is 0 Å². The van der Waals surface area contributed by atoms with Crippen molar-refractivity contribution in [2.24, 2.45) is 0 Å². The molecule has 23 heavy (non-hydrogen) atoms. The van der Waals surface area contributed by atoms with E-state index in [4.69, 9.17) is 0 Å². The Balaban J connectivity index is 1.46. The molecule has 0 atom stereocenters. The maximum absolute atomic E-state index is 12.5. The first kappa shape index (κ1) is 16.1. The highest BCUT2D eigenvalue weighted by Crippen LogP contribution is 2.18. The van der Waals surface area contributed by atoms with Gasteiger partial charge in [0.2, 0.25) is 0 Å². The van der Waals surface area contributed by atoms with Gasteiger partial charge in [0.15, 0.2) is 0 Å². The minimum atomic E-state index is 0.130. The quantitative estimate of drug-likeness (QED) is 0.912. The molecule has 1 aliphatic carbocycles. The van der Waals surface area contributed by atoms with Crippen LogP contribution in [0, 0.1) is 0 Å². The van der Waals surface area contributed by atoms with Crippen molar-refractivity contribution in [3.05, 3.63) is 24.5 Å². The Labute approximate surface area is 139 Å². The number of carbonyl (C=O) groups excluding carboxylic acids is 1. The molecule has 0 bridgehead atoms. The number of piperazine rings is 1. The minimum absolute atomic E-state index is 0.130. The lowest BCUT2D eigenvalue weighted by atomic mass is 9.97. The molecule has 5 nitrogen and oxygen atoms in total. The number of anilines is 1. The maximum atomic E-state index is 12.5. The van der Waals surface area contributed by atoms with Crippen molar-refractivity contribution in [1.82, 2.24) is 15.2 Å². The number of carbonyl (C=O) groups is 1.